The molecule has 0 aliphatic rings. The molecule has 2 heterocycles. The zero-order chi connectivity index (χ0) is 16.6. The van der Waals surface area contributed by atoms with Crippen LogP contribution in [0.3, 0.4) is 0 Å². The van der Waals surface area contributed by atoms with Crippen molar-refractivity contribution in [1.82, 2.24) is 9.97 Å². The number of benzene rings is 1. The number of hydrogen-bond acceptors (Lipinski definition) is 4. The van der Waals surface area contributed by atoms with E-state index in [1.807, 2.05) is 32.0 Å². The van der Waals surface area contributed by atoms with Gasteiger partial charge < -0.3 is 9.52 Å². The van der Waals surface area contributed by atoms with Crippen molar-refractivity contribution in [1.29, 1.82) is 0 Å². The number of hydrogen-bond donors (Lipinski definition) is 1. The van der Waals surface area contributed by atoms with Gasteiger partial charge in [-0.15, -0.1) is 0 Å². The van der Waals surface area contributed by atoms with Crippen molar-refractivity contribution in [3.63, 3.8) is 0 Å². The Morgan fingerprint density at radius 3 is 2.57 bits per heavy atom. The highest BCUT2D eigenvalue weighted by Crippen LogP contribution is 2.33. The Balaban J connectivity index is 2.26. The first-order valence-corrected chi connectivity index (χ1v) is 7.62. The molecular formula is C17H15ClN2O3. The van der Waals surface area contributed by atoms with Gasteiger partial charge in [0, 0.05) is 5.56 Å². The number of aromatic carboxylic acids is 1. The molecule has 118 valence electrons. The van der Waals surface area contributed by atoms with E-state index in [1.54, 1.807) is 12.1 Å². The van der Waals surface area contributed by atoms with E-state index in [1.165, 1.54) is 0 Å². The van der Waals surface area contributed by atoms with Gasteiger partial charge in [0.2, 0.25) is 5.71 Å². The number of carboxylic acids is 1. The number of aromatic nitrogens is 2. The minimum atomic E-state index is -1.12. The predicted molar refractivity (Wildman–Crippen MR) is 87.8 cm³/mol. The third-order valence-corrected chi connectivity index (χ3v) is 3.70. The van der Waals surface area contributed by atoms with Crippen molar-refractivity contribution < 1.29 is 14.3 Å². The number of fused-ring (bicyclic) bond motifs is 1. The first-order valence-electron chi connectivity index (χ1n) is 7.25. The molecule has 0 aliphatic heterocycles. The fourth-order valence-electron chi connectivity index (χ4n) is 2.43. The molecule has 23 heavy (non-hydrogen) atoms. The lowest BCUT2D eigenvalue weighted by atomic mass is 10.1. The van der Waals surface area contributed by atoms with E-state index in [9.17, 15) is 9.90 Å². The summed E-state index contributed by atoms with van der Waals surface area (Å²) in [5.74, 6) is -0.530. The fourth-order valence-corrected chi connectivity index (χ4v) is 2.63. The van der Waals surface area contributed by atoms with Gasteiger partial charge in [-0.2, -0.15) is 0 Å². The van der Waals surface area contributed by atoms with Crippen molar-refractivity contribution in [2.24, 2.45) is 5.92 Å². The van der Waals surface area contributed by atoms with Crippen LogP contribution in [0.1, 0.15) is 29.9 Å². The number of halogens is 1. The van der Waals surface area contributed by atoms with Gasteiger partial charge in [0.15, 0.2) is 10.9 Å². The first kappa shape index (κ1) is 15.5. The summed E-state index contributed by atoms with van der Waals surface area (Å²) in [7, 11) is 0. The molecular weight excluding hydrogens is 316 g/mol. The highest BCUT2D eigenvalue weighted by Gasteiger charge is 2.25. The molecule has 2 aromatic heterocycles. The Kier molecular flexibility index (Phi) is 4.05. The molecule has 0 bridgehead atoms. The lowest BCUT2D eigenvalue weighted by Gasteiger charge is -2.05. The van der Waals surface area contributed by atoms with Crippen molar-refractivity contribution in [3.05, 3.63) is 46.7 Å². The van der Waals surface area contributed by atoms with E-state index in [2.05, 4.69) is 9.97 Å². The molecule has 0 saturated heterocycles. The molecule has 5 nitrogen and oxygen atoms in total. The number of rotatable bonds is 4. The van der Waals surface area contributed by atoms with E-state index < -0.39 is 5.97 Å². The van der Waals surface area contributed by atoms with Gasteiger partial charge in [-0.25, -0.2) is 14.8 Å². The van der Waals surface area contributed by atoms with E-state index in [4.69, 9.17) is 16.0 Å². The molecule has 0 spiro atoms. The molecule has 3 aromatic rings. The Morgan fingerprint density at radius 2 is 1.96 bits per heavy atom. The van der Waals surface area contributed by atoms with Crippen LogP contribution in [0.4, 0.5) is 0 Å². The summed E-state index contributed by atoms with van der Waals surface area (Å²) in [6, 6.07) is 9.03. The van der Waals surface area contributed by atoms with Crippen LogP contribution in [0, 0.1) is 5.92 Å². The maximum absolute atomic E-state index is 11.7. The summed E-state index contributed by atoms with van der Waals surface area (Å²) in [4.78, 5) is 20.3. The standard InChI is InChI=1S/C17H15ClN2O3/c1-9(2)8-11-15(18)20-13-12(17(21)22)14(23-16(13)19-11)10-6-4-3-5-7-10/h3-7,9H,8H2,1-2H3,(H,21,22). The van der Waals surface area contributed by atoms with Crippen LogP contribution in [0.15, 0.2) is 34.7 Å². The summed E-state index contributed by atoms with van der Waals surface area (Å²) in [5.41, 5.74) is 1.62. The Hall–Kier alpha value is -2.40. The van der Waals surface area contributed by atoms with Crippen LogP contribution in [0.5, 0.6) is 0 Å². The third kappa shape index (κ3) is 2.92. The minimum Gasteiger partial charge on any atom is -0.477 e. The van der Waals surface area contributed by atoms with E-state index >= 15 is 0 Å². The highest BCUT2D eigenvalue weighted by molar-refractivity contribution is 6.30. The normalized spacial score (nSPS) is 11.3. The number of carbonyl (C=O) groups is 1. The monoisotopic (exact) mass is 330 g/mol. The molecule has 1 N–H and O–H groups in total. The van der Waals surface area contributed by atoms with Crippen LogP contribution < -0.4 is 0 Å². The topological polar surface area (TPSA) is 76.2 Å². The summed E-state index contributed by atoms with van der Waals surface area (Å²) in [6.07, 6.45) is 0.644. The molecule has 3 rings (SSSR count). The quantitative estimate of drug-likeness (QED) is 0.765. The number of carboxylic acid groups (broad SMARTS) is 1. The fraction of sp³-hybridized carbons (Fsp3) is 0.235. The molecule has 0 radical (unpaired) electrons. The Morgan fingerprint density at radius 1 is 1.26 bits per heavy atom. The van der Waals surface area contributed by atoms with Crippen molar-refractivity contribution >= 4 is 28.8 Å². The van der Waals surface area contributed by atoms with Gasteiger partial charge in [-0.05, 0) is 12.3 Å². The average Bonchev–Trinajstić information content (AvgIpc) is 2.86. The van der Waals surface area contributed by atoms with Gasteiger partial charge in [0.25, 0.3) is 0 Å². The maximum Gasteiger partial charge on any atom is 0.341 e. The molecule has 0 unspecified atom stereocenters. The van der Waals surface area contributed by atoms with Crippen molar-refractivity contribution in [3.8, 4) is 11.3 Å². The number of nitrogens with zero attached hydrogens (tertiary/aromatic N) is 2. The summed E-state index contributed by atoms with van der Waals surface area (Å²) >= 11 is 6.17. The van der Waals surface area contributed by atoms with Crippen LogP contribution in [-0.4, -0.2) is 21.0 Å². The van der Waals surface area contributed by atoms with Crippen LogP contribution >= 0.6 is 11.6 Å². The summed E-state index contributed by atoms with van der Waals surface area (Å²) in [5, 5.41) is 9.77. The van der Waals surface area contributed by atoms with E-state index in [-0.39, 0.29) is 27.7 Å². The summed E-state index contributed by atoms with van der Waals surface area (Å²) in [6.45, 7) is 4.09. The molecule has 0 atom stereocenters. The SMILES string of the molecule is CC(C)Cc1nc2oc(-c3ccccc3)c(C(=O)O)c2nc1Cl. The second kappa shape index (κ2) is 6.01. The van der Waals surface area contributed by atoms with E-state index in [0.29, 0.717) is 23.6 Å². The van der Waals surface area contributed by atoms with Gasteiger partial charge in [0.1, 0.15) is 11.1 Å². The molecule has 0 aliphatic carbocycles. The van der Waals surface area contributed by atoms with Gasteiger partial charge in [0.05, 0.1) is 5.69 Å². The van der Waals surface area contributed by atoms with Gasteiger partial charge in [-0.1, -0.05) is 55.8 Å². The van der Waals surface area contributed by atoms with Crippen LogP contribution in [0.25, 0.3) is 22.6 Å². The number of furan rings is 1. The largest absolute Gasteiger partial charge is 0.477 e. The third-order valence-electron chi connectivity index (χ3n) is 3.40. The Labute approximate surface area is 137 Å². The zero-order valence-electron chi connectivity index (χ0n) is 12.7. The van der Waals surface area contributed by atoms with Crippen LogP contribution in [-0.2, 0) is 6.42 Å². The Bertz CT molecular complexity index is 872. The van der Waals surface area contributed by atoms with Gasteiger partial charge >= 0.3 is 5.97 Å². The molecule has 0 fully saturated rings. The summed E-state index contributed by atoms with van der Waals surface area (Å²) < 4.78 is 5.71. The first-order chi connectivity index (χ1) is 11.0. The average molecular weight is 331 g/mol. The van der Waals surface area contributed by atoms with Crippen molar-refractivity contribution in [2.75, 3.05) is 0 Å². The molecule has 1 aromatic carbocycles. The lowest BCUT2D eigenvalue weighted by Crippen LogP contribution is -2.02. The maximum atomic E-state index is 11.7. The molecule has 0 amide bonds. The lowest BCUT2D eigenvalue weighted by molar-refractivity contribution is 0.0699. The second-order valence-electron chi connectivity index (χ2n) is 5.69. The van der Waals surface area contributed by atoms with Crippen molar-refractivity contribution in [2.45, 2.75) is 20.3 Å². The highest BCUT2D eigenvalue weighted by atomic mass is 35.5. The smallest absolute Gasteiger partial charge is 0.341 e. The van der Waals surface area contributed by atoms with Gasteiger partial charge in [-0.3, -0.25) is 0 Å². The van der Waals surface area contributed by atoms with Crippen LogP contribution in [0.2, 0.25) is 5.15 Å². The second-order valence-corrected chi connectivity index (χ2v) is 6.05. The minimum absolute atomic E-state index is 0.0169. The predicted octanol–water partition coefficient (Wildman–Crippen LogP) is 4.44. The zero-order valence-corrected chi connectivity index (χ0v) is 13.5. The van der Waals surface area contributed by atoms with E-state index in [0.717, 1.165) is 0 Å². The molecule has 6 heteroatoms. The molecule has 0 saturated carbocycles.